The van der Waals surface area contributed by atoms with E-state index in [4.69, 9.17) is 23.2 Å². The molecule has 0 aliphatic carbocycles. The molecule has 3 rings (SSSR count). The molecule has 1 unspecified atom stereocenters. The summed E-state index contributed by atoms with van der Waals surface area (Å²) in [4.78, 5) is 9.88. The number of nitrogens with one attached hydrogen (secondary N) is 1. The minimum absolute atomic E-state index is 0.0353. The van der Waals surface area contributed by atoms with Gasteiger partial charge in [-0.25, -0.2) is 4.98 Å². The first kappa shape index (κ1) is 18.9. The fourth-order valence-corrected chi connectivity index (χ4v) is 3.67. The Hall–Kier alpha value is -1.85. The Bertz CT molecular complexity index is 789. The molecule has 1 atom stereocenters. The minimum atomic E-state index is -0.0353. The zero-order valence-corrected chi connectivity index (χ0v) is 15.8. The summed E-state index contributed by atoms with van der Waals surface area (Å²) in [6, 6.07) is 15.7. The van der Waals surface area contributed by atoms with Gasteiger partial charge in [0.2, 0.25) is 0 Å². The quantitative estimate of drug-likeness (QED) is 0.596. The van der Waals surface area contributed by atoms with E-state index in [-0.39, 0.29) is 12.6 Å². The molecule has 3 aromatic rings. The summed E-state index contributed by atoms with van der Waals surface area (Å²) in [7, 11) is 0. The topological polar surface area (TPSA) is 52.1 Å². The van der Waals surface area contributed by atoms with Crippen molar-refractivity contribution in [2.45, 2.75) is 19.0 Å². The molecule has 1 heterocycles. The summed E-state index contributed by atoms with van der Waals surface area (Å²) in [6.45, 7) is 1.32. The Morgan fingerprint density at radius 3 is 2.38 bits per heavy atom. The van der Waals surface area contributed by atoms with Crippen LogP contribution in [0.15, 0.2) is 60.9 Å². The molecule has 4 nitrogen and oxygen atoms in total. The Morgan fingerprint density at radius 2 is 1.77 bits per heavy atom. The van der Waals surface area contributed by atoms with Crippen LogP contribution >= 0.6 is 23.2 Å². The minimum Gasteiger partial charge on any atom is -0.395 e. The van der Waals surface area contributed by atoms with Crippen molar-refractivity contribution in [2.75, 3.05) is 13.2 Å². The van der Waals surface area contributed by atoms with E-state index in [2.05, 4.69) is 27.0 Å². The number of hydrogen-bond donors (Lipinski definition) is 2. The normalized spacial score (nSPS) is 12.5. The number of benzene rings is 2. The summed E-state index contributed by atoms with van der Waals surface area (Å²) in [5.74, 6) is 0.852. The van der Waals surface area contributed by atoms with E-state index < -0.39 is 0 Å². The maximum atomic E-state index is 9.60. The predicted octanol–water partition coefficient (Wildman–Crippen LogP) is 4.49. The van der Waals surface area contributed by atoms with Gasteiger partial charge in [-0.05, 0) is 35.7 Å². The molecule has 136 valence electrons. The van der Waals surface area contributed by atoms with Crippen molar-refractivity contribution in [3.8, 4) is 0 Å². The maximum absolute atomic E-state index is 9.60. The number of aliphatic hydroxyl groups is 1. The molecule has 0 spiro atoms. The summed E-state index contributed by atoms with van der Waals surface area (Å²) in [6.07, 6.45) is 4.24. The molecule has 2 aromatic carbocycles. The number of aromatic nitrogens is 2. The van der Waals surface area contributed by atoms with Gasteiger partial charge in [-0.3, -0.25) is 4.90 Å². The molecule has 0 saturated heterocycles. The zero-order chi connectivity index (χ0) is 18.4. The van der Waals surface area contributed by atoms with Gasteiger partial charge in [-0.15, -0.1) is 0 Å². The molecule has 26 heavy (non-hydrogen) atoms. The van der Waals surface area contributed by atoms with Gasteiger partial charge >= 0.3 is 0 Å². The van der Waals surface area contributed by atoms with Gasteiger partial charge in [0.05, 0.1) is 12.6 Å². The van der Waals surface area contributed by atoms with E-state index in [0.717, 1.165) is 11.4 Å². The summed E-state index contributed by atoms with van der Waals surface area (Å²) < 4.78 is 0. The smallest absolute Gasteiger partial charge is 0.123 e. The third kappa shape index (κ3) is 5.08. The van der Waals surface area contributed by atoms with Crippen LogP contribution in [0.25, 0.3) is 0 Å². The van der Waals surface area contributed by atoms with E-state index in [1.807, 2.05) is 36.5 Å². The van der Waals surface area contributed by atoms with Gasteiger partial charge in [0, 0.05) is 35.5 Å². The lowest BCUT2D eigenvalue weighted by Crippen LogP contribution is -2.33. The number of H-pyrrole nitrogens is 1. The Labute approximate surface area is 163 Å². The van der Waals surface area contributed by atoms with Crippen LogP contribution in [0.4, 0.5) is 0 Å². The molecular formula is C20H21Cl2N3O. The largest absolute Gasteiger partial charge is 0.395 e. The van der Waals surface area contributed by atoms with Crippen LogP contribution in [-0.4, -0.2) is 33.1 Å². The standard InChI is InChI=1S/C20H21Cl2N3O/c21-17-10-16(11-18(22)13-17)12-19(20-23-6-7-24-20)25(8-9-26)14-15-4-2-1-3-5-15/h1-7,10-11,13,19,26H,8-9,12,14H2,(H,23,24). The van der Waals surface area contributed by atoms with Crippen LogP contribution in [0.2, 0.25) is 10.0 Å². The van der Waals surface area contributed by atoms with Crippen molar-refractivity contribution in [1.82, 2.24) is 14.9 Å². The average Bonchev–Trinajstić information content (AvgIpc) is 3.14. The lowest BCUT2D eigenvalue weighted by Gasteiger charge is -2.30. The van der Waals surface area contributed by atoms with Gasteiger partial charge in [0.15, 0.2) is 0 Å². The Kier molecular flexibility index (Phi) is 6.69. The van der Waals surface area contributed by atoms with Crippen molar-refractivity contribution in [3.05, 3.63) is 87.9 Å². The Morgan fingerprint density at radius 1 is 1.04 bits per heavy atom. The lowest BCUT2D eigenvalue weighted by atomic mass is 10.0. The fourth-order valence-electron chi connectivity index (χ4n) is 3.10. The molecule has 2 N–H and O–H groups in total. The van der Waals surface area contributed by atoms with Crippen LogP contribution in [0.3, 0.4) is 0 Å². The number of rotatable bonds is 8. The first-order chi connectivity index (χ1) is 12.7. The molecule has 6 heteroatoms. The number of hydrogen-bond acceptors (Lipinski definition) is 3. The van der Waals surface area contributed by atoms with Crippen LogP contribution in [0.5, 0.6) is 0 Å². The number of aliphatic hydroxyl groups excluding tert-OH is 1. The van der Waals surface area contributed by atoms with Gasteiger partial charge in [0.1, 0.15) is 5.82 Å². The number of halogens is 2. The zero-order valence-electron chi connectivity index (χ0n) is 14.3. The van der Waals surface area contributed by atoms with Crippen molar-refractivity contribution in [2.24, 2.45) is 0 Å². The first-order valence-electron chi connectivity index (χ1n) is 8.49. The highest BCUT2D eigenvalue weighted by molar-refractivity contribution is 6.34. The van der Waals surface area contributed by atoms with Crippen molar-refractivity contribution < 1.29 is 5.11 Å². The molecular weight excluding hydrogens is 369 g/mol. The summed E-state index contributed by atoms with van der Waals surface area (Å²) >= 11 is 12.3. The molecule has 0 aliphatic rings. The Balaban J connectivity index is 1.90. The van der Waals surface area contributed by atoms with Crippen LogP contribution in [-0.2, 0) is 13.0 Å². The first-order valence-corrected chi connectivity index (χ1v) is 9.24. The van der Waals surface area contributed by atoms with Gasteiger partial charge < -0.3 is 10.1 Å². The second kappa shape index (κ2) is 9.19. The van der Waals surface area contributed by atoms with Crippen LogP contribution in [0.1, 0.15) is 23.0 Å². The van der Waals surface area contributed by atoms with Gasteiger partial charge in [0.25, 0.3) is 0 Å². The molecule has 0 radical (unpaired) electrons. The molecule has 0 saturated carbocycles. The highest BCUT2D eigenvalue weighted by atomic mass is 35.5. The number of nitrogens with zero attached hydrogens (tertiary/aromatic N) is 2. The molecule has 0 amide bonds. The number of imidazole rings is 1. The molecule has 0 aliphatic heterocycles. The molecule has 0 bridgehead atoms. The second-order valence-corrected chi connectivity index (χ2v) is 7.02. The van der Waals surface area contributed by atoms with Crippen molar-refractivity contribution >= 4 is 23.2 Å². The average molecular weight is 390 g/mol. The molecule has 1 aromatic heterocycles. The second-order valence-electron chi connectivity index (χ2n) is 6.15. The molecule has 0 fully saturated rings. The highest BCUT2D eigenvalue weighted by Gasteiger charge is 2.23. The highest BCUT2D eigenvalue weighted by Crippen LogP contribution is 2.27. The van der Waals surface area contributed by atoms with Crippen molar-refractivity contribution in [3.63, 3.8) is 0 Å². The van der Waals surface area contributed by atoms with E-state index in [9.17, 15) is 5.11 Å². The summed E-state index contributed by atoms with van der Waals surface area (Å²) in [5.41, 5.74) is 2.21. The fraction of sp³-hybridized carbons (Fsp3) is 0.250. The monoisotopic (exact) mass is 389 g/mol. The van der Waals surface area contributed by atoms with Crippen molar-refractivity contribution in [1.29, 1.82) is 0 Å². The SMILES string of the molecule is OCCN(Cc1ccccc1)C(Cc1cc(Cl)cc(Cl)c1)c1ncc[nH]1. The van der Waals surface area contributed by atoms with Crippen LogP contribution in [0, 0.1) is 0 Å². The third-order valence-electron chi connectivity index (χ3n) is 4.24. The predicted molar refractivity (Wildman–Crippen MR) is 105 cm³/mol. The van der Waals surface area contributed by atoms with Gasteiger partial charge in [-0.1, -0.05) is 53.5 Å². The third-order valence-corrected chi connectivity index (χ3v) is 4.68. The number of aromatic amines is 1. The maximum Gasteiger partial charge on any atom is 0.123 e. The van der Waals surface area contributed by atoms with E-state index >= 15 is 0 Å². The van der Waals surface area contributed by atoms with E-state index in [1.54, 1.807) is 12.3 Å². The summed E-state index contributed by atoms with van der Waals surface area (Å²) in [5, 5.41) is 10.8. The van der Waals surface area contributed by atoms with E-state index in [1.165, 1.54) is 5.56 Å². The van der Waals surface area contributed by atoms with Crippen LogP contribution < -0.4 is 0 Å². The van der Waals surface area contributed by atoms with E-state index in [0.29, 0.717) is 29.6 Å². The van der Waals surface area contributed by atoms with Gasteiger partial charge in [-0.2, -0.15) is 0 Å². The lowest BCUT2D eigenvalue weighted by molar-refractivity contribution is 0.137.